The third-order valence-corrected chi connectivity index (χ3v) is 2.94. The number of nitrogens with zero attached hydrogens (tertiary/aromatic N) is 2. The molecule has 19 heavy (non-hydrogen) atoms. The summed E-state index contributed by atoms with van der Waals surface area (Å²) in [5.41, 5.74) is 0.976. The predicted molar refractivity (Wildman–Crippen MR) is 76.9 cm³/mol. The summed E-state index contributed by atoms with van der Waals surface area (Å²) in [5.74, 6) is 1.27. The second-order valence-corrected chi connectivity index (χ2v) is 4.97. The number of hydrogen-bond acceptors (Lipinski definition) is 4. The zero-order valence-electron chi connectivity index (χ0n) is 10.3. The van der Waals surface area contributed by atoms with Gasteiger partial charge >= 0.3 is 0 Å². The maximum Gasteiger partial charge on any atom is 0.214 e. The van der Waals surface area contributed by atoms with Crippen LogP contribution in [0.25, 0.3) is 0 Å². The van der Waals surface area contributed by atoms with Gasteiger partial charge in [-0.3, -0.25) is 0 Å². The molecule has 0 radical (unpaired) electrons. The van der Waals surface area contributed by atoms with E-state index in [4.69, 9.17) is 21.1 Å². The molecular formula is C13H12BrClN2O2. The number of aromatic nitrogens is 2. The van der Waals surface area contributed by atoms with Crippen LogP contribution in [0.15, 0.2) is 35.1 Å². The molecule has 100 valence electrons. The smallest absolute Gasteiger partial charge is 0.214 e. The Morgan fingerprint density at radius 1 is 1.26 bits per heavy atom. The highest BCUT2D eigenvalue weighted by atomic mass is 79.9. The van der Waals surface area contributed by atoms with Gasteiger partial charge in [0.2, 0.25) is 5.88 Å². The topological polar surface area (TPSA) is 44.2 Å². The molecule has 0 bridgehead atoms. The van der Waals surface area contributed by atoms with Crippen molar-refractivity contribution in [3.05, 3.63) is 45.8 Å². The Morgan fingerprint density at radius 3 is 2.84 bits per heavy atom. The Hall–Kier alpha value is -1.33. The summed E-state index contributed by atoms with van der Waals surface area (Å²) < 4.78 is 11.8. The summed E-state index contributed by atoms with van der Waals surface area (Å²) in [4.78, 5) is 8.13. The maximum absolute atomic E-state index is 5.76. The van der Waals surface area contributed by atoms with Gasteiger partial charge in [-0.25, -0.2) is 9.97 Å². The summed E-state index contributed by atoms with van der Waals surface area (Å²) >= 11 is 9.06. The van der Waals surface area contributed by atoms with Crippen LogP contribution in [0, 0.1) is 6.92 Å². The lowest BCUT2D eigenvalue weighted by Gasteiger charge is -2.10. The average molecular weight is 344 g/mol. The van der Waals surface area contributed by atoms with Gasteiger partial charge in [0.05, 0.1) is 0 Å². The normalized spacial score (nSPS) is 10.3. The predicted octanol–water partition coefficient (Wildman–Crippen LogP) is 3.66. The van der Waals surface area contributed by atoms with Gasteiger partial charge < -0.3 is 9.47 Å². The molecule has 0 aromatic carbocycles. The maximum atomic E-state index is 5.76. The van der Waals surface area contributed by atoms with Gasteiger partial charge in [0.25, 0.3) is 0 Å². The molecule has 2 aromatic heterocycles. The molecule has 0 spiro atoms. The lowest BCUT2D eigenvalue weighted by molar-refractivity contribution is 0.211. The SMILES string of the molecule is Cc1cnc(Br)cc1OCCOc1cccc(Cl)n1. The first kappa shape index (κ1) is 14.1. The van der Waals surface area contributed by atoms with Crippen LogP contribution in [0.5, 0.6) is 11.6 Å². The first-order chi connectivity index (χ1) is 9.15. The summed E-state index contributed by atoms with van der Waals surface area (Å²) in [5, 5.41) is 0.410. The zero-order valence-corrected chi connectivity index (χ0v) is 12.6. The minimum atomic E-state index is 0.396. The van der Waals surface area contributed by atoms with E-state index in [0.717, 1.165) is 15.9 Å². The van der Waals surface area contributed by atoms with Crippen LogP contribution in [-0.2, 0) is 0 Å². The van der Waals surface area contributed by atoms with E-state index < -0.39 is 0 Å². The van der Waals surface area contributed by atoms with Crippen molar-refractivity contribution < 1.29 is 9.47 Å². The fourth-order valence-corrected chi connectivity index (χ4v) is 1.87. The first-order valence-corrected chi connectivity index (χ1v) is 6.82. The molecule has 2 heterocycles. The zero-order chi connectivity index (χ0) is 13.7. The van der Waals surface area contributed by atoms with E-state index in [0.29, 0.717) is 24.2 Å². The van der Waals surface area contributed by atoms with Crippen molar-refractivity contribution in [2.24, 2.45) is 0 Å². The largest absolute Gasteiger partial charge is 0.490 e. The number of halogens is 2. The van der Waals surface area contributed by atoms with Crippen LogP contribution in [0.3, 0.4) is 0 Å². The summed E-state index contributed by atoms with van der Waals surface area (Å²) in [6.07, 6.45) is 1.75. The van der Waals surface area contributed by atoms with Crippen molar-refractivity contribution in [3.63, 3.8) is 0 Å². The standard InChI is InChI=1S/C13H12BrClN2O2/c1-9-8-16-11(14)7-10(9)18-5-6-19-13-4-2-3-12(15)17-13/h2-4,7-8H,5-6H2,1H3. The van der Waals surface area contributed by atoms with Crippen LogP contribution < -0.4 is 9.47 Å². The van der Waals surface area contributed by atoms with Gasteiger partial charge in [0, 0.05) is 23.9 Å². The molecule has 0 aliphatic carbocycles. The summed E-state index contributed by atoms with van der Waals surface area (Å²) in [6.45, 7) is 2.76. The van der Waals surface area contributed by atoms with E-state index in [2.05, 4.69) is 25.9 Å². The van der Waals surface area contributed by atoms with Crippen LogP contribution in [0.1, 0.15) is 5.56 Å². The fraction of sp³-hybridized carbons (Fsp3) is 0.231. The van der Waals surface area contributed by atoms with Crippen LogP contribution in [0.4, 0.5) is 0 Å². The average Bonchev–Trinajstić information content (AvgIpc) is 2.39. The number of rotatable bonds is 5. The number of aryl methyl sites for hydroxylation is 1. The second-order valence-electron chi connectivity index (χ2n) is 3.77. The van der Waals surface area contributed by atoms with E-state index in [1.165, 1.54) is 0 Å². The highest BCUT2D eigenvalue weighted by Crippen LogP contribution is 2.20. The first-order valence-electron chi connectivity index (χ1n) is 5.65. The molecule has 2 aromatic rings. The van der Waals surface area contributed by atoms with Gasteiger partial charge in [-0.1, -0.05) is 17.7 Å². The Bertz CT molecular complexity index is 566. The van der Waals surface area contributed by atoms with Gasteiger partial charge in [0.15, 0.2) is 0 Å². The highest BCUT2D eigenvalue weighted by molar-refractivity contribution is 9.10. The summed E-state index contributed by atoms with van der Waals surface area (Å²) in [7, 11) is 0. The molecule has 0 unspecified atom stereocenters. The van der Waals surface area contributed by atoms with Crippen LogP contribution in [-0.4, -0.2) is 23.2 Å². The lowest BCUT2D eigenvalue weighted by Crippen LogP contribution is -2.10. The third-order valence-electron chi connectivity index (χ3n) is 2.30. The molecule has 6 heteroatoms. The van der Waals surface area contributed by atoms with Crippen molar-refractivity contribution in [2.75, 3.05) is 13.2 Å². The number of hydrogen-bond donors (Lipinski definition) is 0. The van der Waals surface area contributed by atoms with E-state index in [-0.39, 0.29) is 0 Å². The molecule has 4 nitrogen and oxygen atoms in total. The van der Waals surface area contributed by atoms with Crippen molar-refractivity contribution >= 4 is 27.5 Å². The highest BCUT2D eigenvalue weighted by Gasteiger charge is 2.02. The van der Waals surface area contributed by atoms with E-state index in [1.807, 2.05) is 13.0 Å². The van der Waals surface area contributed by atoms with E-state index in [9.17, 15) is 0 Å². The number of ether oxygens (including phenoxy) is 2. The molecule has 0 fully saturated rings. The van der Waals surface area contributed by atoms with Gasteiger partial charge in [-0.15, -0.1) is 0 Å². The van der Waals surface area contributed by atoms with E-state index in [1.54, 1.807) is 24.4 Å². The molecule has 2 rings (SSSR count). The second kappa shape index (κ2) is 6.73. The van der Waals surface area contributed by atoms with Crippen LogP contribution >= 0.6 is 27.5 Å². The Kier molecular flexibility index (Phi) is 4.99. The third kappa shape index (κ3) is 4.36. The van der Waals surface area contributed by atoms with Crippen LogP contribution in [0.2, 0.25) is 5.15 Å². The molecular weight excluding hydrogens is 332 g/mol. The Balaban J connectivity index is 1.82. The number of pyridine rings is 2. The molecule has 0 N–H and O–H groups in total. The monoisotopic (exact) mass is 342 g/mol. The van der Waals surface area contributed by atoms with Crippen molar-refractivity contribution in [3.8, 4) is 11.6 Å². The van der Waals surface area contributed by atoms with Gasteiger partial charge in [0.1, 0.15) is 28.7 Å². The molecule has 0 saturated carbocycles. The molecule has 0 amide bonds. The molecule has 0 atom stereocenters. The molecule has 0 saturated heterocycles. The van der Waals surface area contributed by atoms with Crippen molar-refractivity contribution in [1.29, 1.82) is 0 Å². The lowest BCUT2D eigenvalue weighted by atomic mass is 10.3. The minimum absolute atomic E-state index is 0.396. The van der Waals surface area contributed by atoms with Gasteiger partial charge in [-0.2, -0.15) is 0 Å². The van der Waals surface area contributed by atoms with Crippen molar-refractivity contribution in [1.82, 2.24) is 9.97 Å². The Morgan fingerprint density at radius 2 is 2.05 bits per heavy atom. The Labute approximate surface area is 124 Å². The molecule has 0 aliphatic rings. The summed E-state index contributed by atoms with van der Waals surface area (Å²) in [6, 6.07) is 7.06. The minimum Gasteiger partial charge on any atom is -0.490 e. The van der Waals surface area contributed by atoms with Gasteiger partial charge in [-0.05, 0) is 28.9 Å². The molecule has 0 aliphatic heterocycles. The fourth-order valence-electron chi connectivity index (χ4n) is 1.40. The van der Waals surface area contributed by atoms with E-state index >= 15 is 0 Å². The van der Waals surface area contributed by atoms with Crippen molar-refractivity contribution in [2.45, 2.75) is 6.92 Å². The quantitative estimate of drug-likeness (QED) is 0.614.